The van der Waals surface area contributed by atoms with Gasteiger partial charge in [-0.1, -0.05) is 32.0 Å². The summed E-state index contributed by atoms with van der Waals surface area (Å²) in [6, 6.07) is 9.29. The second-order valence-corrected chi connectivity index (χ2v) is 7.77. The average molecular weight is 396 g/mol. The lowest BCUT2D eigenvalue weighted by molar-refractivity contribution is 0.0949. The van der Waals surface area contributed by atoms with Crippen molar-refractivity contribution in [2.75, 3.05) is 19.6 Å². The number of nitrogens with one attached hydrogen (secondary N) is 1. The van der Waals surface area contributed by atoms with Gasteiger partial charge in [0.1, 0.15) is 11.6 Å². The molecule has 5 nitrogen and oxygen atoms in total. The Labute approximate surface area is 158 Å². The van der Waals surface area contributed by atoms with Gasteiger partial charge in [0.05, 0.1) is 10.5 Å². The van der Waals surface area contributed by atoms with E-state index in [2.05, 4.69) is 5.32 Å². The number of sulfonamides is 1. The lowest BCUT2D eigenvalue weighted by Crippen LogP contribution is -2.31. The van der Waals surface area contributed by atoms with Gasteiger partial charge in [-0.3, -0.25) is 4.79 Å². The van der Waals surface area contributed by atoms with Crippen molar-refractivity contribution in [2.24, 2.45) is 0 Å². The van der Waals surface area contributed by atoms with Crippen LogP contribution in [0.3, 0.4) is 0 Å². The zero-order chi connectivity index (χ0) is 20.0. The molecule has 0 fully saturated rings. The van der Waals surface area contributed by atoms with Gasteiger partial charge in [-0.15, -0.1) is 0 Å². The Morgan fingerprint density at radius 2 is 1.70 bits per heavy atom. The molecule has 2 aromatic rings. The number of carbonyl (C=O) groups excluding carboxylic acids is 1. The summed E-state index contributed by atoms with van der Waals surface area (Å²) >= 11 is 0. The molecule has 1 amide bonds. The molecule has 0 radical (unpaired) electrons. The van der Waals surface area contributed by atoms with Crippen molar-refractivity contribution < 1.29 is 22.0 Å². The van der Waals surface area contributed by atoms with Crippen LogP contribution in [0.1, 0.15) is 29.8 Å². The zero-order valence-electron chi connectivity index (χ0n) is 15.2. The molecule has 0 aliphatic rings. The molecule has 0 unspecified atom stereocenters. The van der Waals surface area contributed by atoms with Crippen LogP contribution in [0.15, 0.2) is 47.4 Å². The van der Waals surface area contributed by atoms with Crippen LogP contribution in [0.25, 0.3) is 0 Å². The van der Waals surface area contributed by atoms with Gasteiger partial charge < -0.3 is 5.32 Å². The van der Waals surface area contributed by atoms with E-state index in [4.69, 9.17) is 0 Å². The third kappa shape index (κ3) is 4.90. The van der Waals surface area contributed by atoms with Crippen molar-refractivity contribution in [3.05, 3.63) is 65.2 Å². The fourth-order valence-corrected chi connectivity index (χ4v) is 4.14. The van der Waals surface area contributed by atoms with E-state index >= 15 is 0 Å². The van der Waals surface area contributed by atoms with Crippen molar-refractivity contribution in [3.8, 4) is 0 Å². The minimum atomic E-state index is -3.81. The molecule has 0 heterocycles. The highest BCUT2D eigenvalue weighted by atomic mass is 32.2. The van der Waals surface area contributed by atoms with Gasteiger partial charge in [-0.25, -0.2) is 17.2 Å². The summed E-state index contributed by atoms with van der Waals surface area (Å²) in [4.78, 5) is 12.1. The first kappa shape index (κ1) is 21.0. The number of amides is 1. The number of benzene rings is 2. The smallest absolute Gasteiger partial charge is 0.254 e. The highest BCUT2D eigenvalue weighted by Crippen LogP contribution is 2.19. The number of hydrogen-bond acceptors (Lipinski definition) is 3. The molecule has 0 saturated heterocycles. The molecule has 0 aromatic heterocycles. The number of rotatable bonds is 8. The Bertz CT molecular complexity index is 913. The fourth-order valence-electron chi connectivity index (χ4n) is 2.66. The number of nitrogens with zero attached hydrogens (tertiary/aromatic N) is 1. The first-order valence-electron chi connectivity index (χ1n) is 8.62. The third-order valence-electron chi connectivity index (χ3n) is 4.16. The van der Waals surface area contributed by atoms with Gasteiger partial charge in [0.2, 0.25) is 10.0 Å². The van der Waals surface area contributed by atoms with E-state index in [1.54, 1.807) is 32.0 Å². The van der Waals surface area contributed by atoms with Crippen molar-refractivity contribution >= 4 is 15.9 Å². The lowest BCUT2D eigenvalue weighted by atomic mass is 10.1. The first-order valence-corrected chi connectivity index (χ1v) is 10.1. The second kappa shape index (κ2) is 9.05. The fraction of sp³-hybridized carbons (Fsp3) is 0.316. The SMILES string of the molecule is CCN(CC)S(=O)(=O)c1ccc(F)c(C(=O)NCCc2ccccc2F)c1. The van der Waals surface area contributed by atoms with E-state index < -0.39 is 21.7 Å². The van der Waals surface area contributed by atoms with Crippen molar-refractivity contribution in [1.82, 2.24) is 9.62 Å². The quantitative estimate of drug-likeness (QED) is 0.746. The van der Waals surface area contributed by atoms with Crippen molar-refractivity contribution in [3.63, 3.8) is 0 Å². The van der Waals surface area contributed by atoms with Crippen LogP contribution in [0, 0.1) is 11.6 Å². The molecular weight excluding hydrogens is 374 g/mol. The predicted molar refractivity (Wildman–Crippen MR) is 98.9 cm³/mol. The maximum absolute atomic E-state index is 14.1. The Balaban J connectivity index is 2.15. The van der Waals surface area contributed by atoms with E-state index in [1.807, 2.05) is 0 Å². The maximum Gasteiger partial charge on any atom is 0.254 e. The average Bonchev–Trinajstić information content (AvgIpc) is 2.64. The van der Waals surface area contributed by atoms with Gasteiger partial charge in [-0.05, 0) is 36.2 Å². The Hall–Kier alpha value is -2.32. The minimum Gasteiger partial charge on any atom is -0.352 e. The Morgan fingerprint density at radius 1 is 1.04 bits per heavy atom. The molecule has 0 atom stereocenters. The van der Waals surface area contributed by atoms with E-state index in [9.17, 15) is 22.0 Å². The number of halogens is 2. The lowest BCUT2D eigenvalue weighted by Gasteiger charge is -2.19. The second-order valence-electron chi connectivity index (χ2n) is 5.83. The topological polar surface area (TPSA) is 66.5 Å². The zero-order valence-corrected chi connectivity index (χ0v) is 16.0. The minimum absolute atomic E-state index is 0.0895. The molecule has 27 heavy (non-hydrogen) atoms. The van der Waals surface area contributed by atoms with Crippen LogP contribution >= 0.6 is 0 Å². The van der Waals surface area contributed by atoms with Crippen LogP contribution < -0.4 is 5.32 Å². The van der Waals surface area contributed by atoms with Gasteiger partial charge in [-0.2, -0.15) is 4.31 Å². The summed E-state index contributed by atoms with van der Waals surface area (Å²) in [5.41, 5.74) is 0.0629. The summed E-state index contributed by atoms with van der Waals surface area (Å²) < 4.78 is 54.0. The summed E-state index contributed by atoms with van der Waals surface area (Å²) in [7, 11) is -3.81. The van der Waals surface area contributed by atoms with Gasteiger partial charge >= 0.3 is 0 Å². The van der Waals surface area contributed by atoms with E-state index in [-0.39, 0.29) is 42.3 Å². The summed E-state index contributed by atoms with van der Waals surface area (Å²) in [6.45, 7) is 4.01. The van der Waals surface area contributed by atoms with Gasteiger partial charge in [0.15, 0.2) is 0 Å². The molecule has 0 aliphatic carbocycles. The third-order valence-corrected chi connectivity index (χ3v) is 6.21. The number of hydrogen-bond donors (Lipinski definition) is 1. The normalized spacial score (nSPS) is 11.6. The van der Waals surface area contributed by atoms with Crippen molar-refractivity contribution in [2.45, 2.75) is 25.2 Å². The molecule has 0 spiro atoms. The number of carbonyl (C=O) groups is 1. The maximum atomic E-state index is 14.1. The molecule has 146 valence electrons. The largest absolute Gasteiger partial charge is 0.352 e. The molecule has 8 heteroatoms. The molecular formula is C19H22F2N2O3S. The summed E-state index contributed by atoms with van der Waals surface area (Å²) in [5, 5.41) is 2.50. The van der Waals surface area contributed by atoms with Crippen LogP contribution in [0.4, 0.5) is 8.78 Å². The van der Waals surface area contributed by atoms with Crippen LogP contribution in [-0.2, 0) is 16.4 Å². The summed E-state index contributed by atoms with van der Waals surface area (Å²) in [5.74, 6) is -1.96. The highest BCUT2D eigenvalue weighted by Gasteiger charge is 2.24. The summed E-state index contributed by atoms with van der Waals surface area (Å²) in [6.07, 6.45) is 0.234. The van der Waals surface area contributed by atoms with Gasteiger partial charge in [0, 0.05) is 19.6 Å². The predicted octanol–water partition coefficient (Wildman–Crippen LogP) is 2.97. The Kier molecular flexibility index (Phi) is 7.04. The standard InChI is InChI=1S/C19H22F2N2O3S/c1-3-23(4-2)27(25,26)15-9-10-18(21)16(13-15)19(24)22-12-11-14-7-5-6-8-17(14)20/h5-10,13H,3-4,11-12H2,1-2H3,(H,22,24). The van der Waals surface area contributed by atoms with E-state index in [1.165, 1.54) is 10.4 Å². The van der Waals surface area contributed by atoms with Crippen LogP contribution in [0.2, 0.25) is 0 Å². The molecule has 2 rings (SSSR count). The Morgan fingerprint density at radius 3 is 2.33 bits per heavy atom. The van der Waals surface area contributed by atoms with Crippen LogP contribution in [0.5, 0.6) is 0 Å². The van der Waals surface area contributed by atoms with E-state index in [0.29, 0.717) is 5.56 Å². The first-order chi connectivity index (χ1) is 12.8. The molecule has 0 saturated carbocycles. The molecule has 0 aliphatic heterocycles. The monoisotopic (exact) mass is 396 g/mol. The molecule has 2 aromatic carbocycles. The molecule has 1 N–H and O–H groups in total. The van der Waals surface area contributed by atoms with E-state index in [0.717, 1.165) is 18.2 Å². The molecule has 0 bridgehead atoms. The highest BCUT2D eigenvalue weighted by molar-refractivity contribution is 7.89. The van der Waals surface area contributed by atoms with Crippen molar-refractivity contribution in [1.29, 1.82) is 0 Å². The van der Waals surface area contributed by atoms with Gasteiger partial charge in [0.25, 0.3) is 5.91 Å². The van der Waals surface area contributed by atoms with Crippen LogP contribution in [-0.4, -0.2) is 38.3 Å².